The highest BCUT2D eigenvalue weighted by atomic mass is 19.1. The van der Waals surface area contributed by atoms with E-state index in [0.29, 0.717) is 44.6 Å². The molecule has 10 heteroatoms. The second-order valence-electron chi connectivity index (χ2n) is 9.19. The van der Waals surface area contributed by atoms with Gasteiger partial charge in [-0.3, -0.25) is 4.79 Å². The molecule has 2 aromatic rings. The molecule has 2 N–H and O–H groups in total. The number of ketones is 1. The number of carbonyl (C=O) groups excluding carboxylic acids is 2. The number of amides is 2. The topological polar surface area (TPSA) is 73.9 Å². The van der Waals surface area contributed by atoms with E-state index >= 15 is 0 Å². The zero-order chi connectivity index (χ0) is 25.9. The Morgan fingerprint density at radius 3 is 2.58 bits per heavy atom. The summed E-state index contributed by atoms with van der Waals surface area (Å²) in [5, 5.41) is 5.40. The molecular formula is C26H31F3N4O3. The van der Waals surface area contributed by atoms with Gasteiger partial charge in [0.15, 0.2) is 11.6 Å². The Hall–Kier alpha value is -3.27. The third-order valence-corrected chi connectivity index (χ3v) is 7.12. The lowest BCUT2D eigenvalue weighted by Crippen LogP contribution is -2.60. The van der Waals surface area contributed by atoms with E-state index in [4.69, 9.17) is 4.74 Å². The number of nitrogens with zero attached hydrogens (tertiary/aromatic N) is 2. The number of benzene rings is 2. The van der Waals surface area contributed by atoms with Gasteiger partial charge in [-0.05, 0) is 44.0 Å². The molecule has 194 valence electrons. The number of rotatable bonds is 7. The highest BCUT2D eigenvalue weighted by molar-refractivity contribution is 6.04. The van der Waals surface area contributed by atoms with Crippen molar-refractivity contribution < 1.29 is 27.5 Å². The Morgan fingerprint density at radius 2 is 1.89 bits per heavy atom. The van der Waals surface area contributed by atoms with Gasteiger partial charge in [0.2, 0.25) is 0 Å². The molecule has 2 heterocycles. The number of piperidine rings is 1. The van der Waals surface area contributed by atoms with E-state index in [1.54, 1.807) is 11.0 Å². The van der Waals surface area contributed by atoms with E-state index < -0.39 is 23.0 Å². The fourth-order valence-corrected chi connectivity index (χ4v) is 5.25. The molecule has 36 heavy (non-hydrogen) atoms. The zero-order valence-electron chi connectivity index (χ0n) is 20.5. The van der Waals surface area contributed by atoms with Gasteiger partial charge in [0.25, 0.3) is 0 Å². The molecule has 1 fully saturated rings. The molecule has 0 bridgehead atoms. The number of likely N-dealkylation sites (tertiary alicyclic amines) is 1. The average Bonchev–Trinajstić information content (AvgIpc) is 2.86. The van der Waals surface area contributed by atoms with Crippen LogP contribution in [0.1, 0.15) is 42.1 Å². The van der Waals surface area contributed by atoms with Gasteiger partial charge in [0.1, 0.15) is 17.3 Å². The summed E-state index contributed by atoms with van der Waals surface area (Å²) >= 11 is 0. The molecule has 0 saturated carbocycles. The summed E-state index contributed by atoms with van der Waals surface area (Å²) in [5.41, 5.74) is 0.617. The predicted octanol–water partition coefficient (Wildman–Crippen LogP) is 4.32. The summed E-state index contributed by atoms with van der Waals surface area (Å²) < 4.78 is 47.5. The van der Waals surface area contributed by atoms with Crippen LogP contribution < -0.4 is 15.5 Å². The molecule has 4 rings (SSSR count). The van der Waals surface area contributed by atoms with E-state index in [2.05, 4.69) is 15.5 Å². The number of nitrogens with one attached hydrogen (secondary N) is 2. The maximum atomic E-state index is 14.8. The minimum absolute atomic E-state index is 0.0891. The normalized spacial score (nSPS) is 16.8. The Labute approximate surface area is 208 Å². The molecule has 0 aromatic heterocycles. The predicted molar refractivity (Wildman–Crippen MR) is 131 cm³/mol. The van der Waals surface area contributed by atoms with Crippen LogP contribution in [0.15, 0.2) is 30.3 Å². The van der Waals surface area contributed by atoms with Crippen molar-refractivity contribution in [2.24, 2.45) is 0 Å². The van der Waals surface area contributed by atoms with Crippen molar-refractivity contribution in [3.8, 4) is 0 Å². The summed E-state index contributed by atoms with van der Waals surface area (Å²) in [6.45, 7) is 3.93. The SMILES string of the molecule is CCN1c2ccc(F)cc2C(=O)CC12CCN(C(=O)NCc1ccc(F)c(NCCOC)c1F)CC2. The highest BCUT2D eigenvalue weighted by Crippen LogP contribution is 2.42. The number of halogens is 3. The summed E-state index contributed by atoms with van der Waals surface area (Å²) in [4.78, 5) is 29.5. The third-order valence-electron chi connectivity index (χ3n) is 7.12. The number of hydrogen-bond donors (Lipinski definition) is 2. The van der Waals surface area contributed by atoms with Crippen LogP contribution in [-0.2, 0) is 11.3 Å². The van der Waals surface area contributed by atoms with E-state index in [1.165, 1.54) is 25.3 Å². The molecule has 2 amide bonds. The smallest absolute Gasteiger partial charge is 0.317 e. The van der Waals surface area contributed by atoms with Gasteiger partial charge in [0.05, 0.1) is 12.1 Å². The van der Waals surface area contributed by atoms with Crippen LogP contribution in [0.5, 0.6) is 0 Å². The molecule has 0 atom stereocenters. The van der Waals surface area contributed by atoms with E-state index in [1.807, 2.05) is 6.92 Å². The van der Waals surface area contributed by atoms with Crippen LogP contribution in [-0.4, -0.2) is 62.1 Å². The molecule has 1 spiro atoms. The molecule has 2 aromatic carbocycles. The first-order valence-electron chi connectivity index (χ1n) is 12.1. The Morgan fingerprint density at radius 1 is 1.14 bits per heavy atom. The third kappa shape index (κ3) is 5.00. The van der Waals surface area contributed by atoms with Crippen LogP contribution in [0.3, 0.4) is 0 Å². The van der Waals surface area contributed by atoms with E-state index in [-0.39, 0.29) is 42.6 Å². The Kier molecular flexibility index (Phi) is 7.73. The summed E-state index contributed by atoms with van der Waals surface area (Å²) in [7, 11) is 1.49. The Balaban J connectivity index is 1.39. The molecule has 2 aliphatic rings. The van der Waals surface area contributed by atoms with Crippen LogP contribution in [0.4, 0.5) is 29.3 Å². The summed E-state index contributed by atoms with van der Waals surface area (Å²) in [6.07, 6.45) is 1.43. The number of urea groups is 1. The minimum Gasteiger partial charge on any atom is -0.383 e. The van der Waals surface area contributed by atoms with Crippen molar-refractivity contribution in [3.63, 3.8) is 0 Å². The van der Waals surface area contributed by atoms with Gasteiger partial charge < -0.3 is 25.2 Å². The largest absolute Gasteiger partial charge is 0.383 e. The first-order chi connectivity index (χ1) is 17.3. The first kappa shape index (κ1) is 25.8. The van der Waals surface area contributed by atoms with Crippen molar-refractivity contribution in [3.05, 3.63) is 58.9 Å². The van der Waals surface area contributed by atoms with Crippen molar-refractivity contribution in [1.29, 1.82) is 0 Å². The lowest BCUT2D eigenvalue weighted by atomic mass is 9.76. The van der Waals surface area contributed by atoms with Gasteiger partial charge in [0, 0.05) is 63.1 Å². The van der Waals surface area contributed by atoms with E-state index in [9.17, 15) is 22.8 Å². The van der Waals surface area contributed by atoms with Crippen LogP contribution in [0.2, 0.25) is 0 Å². The monoisotopic (exact) mass is 504 g/mol. The summed E-state index contributed by atoms with van der Waals surface area (Å²) in [5.74, 6) is -1.99. The zero-order valence-corrected chi connectivity index (χ0v) is 20.5. The van der Waals surface area contributed by atoms with Crippen molar-refractivity contribution in [2.45, 2.75) is 38.3 Å². The quantitative estimate of drug-likeness (QED) is 0.550. The first-order valence-corrected chi connectivity index (χ1v) is 12.1. The number of carbonyl (C=O) groups is 2. The fourth-order valence-electron chi connectivity index (χ4n) is 5.25. The highest BCUT2D eigenvalue weighted by Gasteiger charge is 2.46. The lowest BCUT2D eigenvalue weighted by molar-refractivity contribution is 0.0885. The lowest BCUT2D eigenvalue weighted by Gasteiger charge is -2.52. The molecule has 2 aliphatic heterocycles. The van der Waals surface area contributed by atoms with Gasteiger partial charge in [-0.2, -0.15) is 0 Å². The average molecular weight is 505 g/mol. The Bertz CT molecular complexity index is 1140. The van der Waals surface area contributed by atoms with Gasteiger partial charge >= 0.3 is 6.03 Å². The van der Waals surface area contributed by atoms with Gasteiger partial charge in [-0.15, -0.1) is 0 Å². The fraction of sp³-hybridized carbons (Fsp3) is 0.462. The van der Waals surface area contributed by atoms with Crippen LogP contribution >= 0.6 is 0 Å². The number of anilines is 2. The molecular weight excluding hydrogens is 473 g/mol. The van der Waals surface area contributed by atoms with Crippen molar-refractivity contribution in [2.75, 3.05) is 50.1 Å². The molecule has 0 radical (unpaired) electrons. The summed E-state index contributed by atoms with van der Waals surface area (Å²) in [6, 6.07) is 6.43. The molecule has 1 saturated heterocycles. The van der Waals surface area contributed by atoms with Crippen LogP contribution in [0, 0.1) is 17.5 Å². The second kappa shape index (κ2) is 10.8. The number of methoxy groups -OCH3 is 1. The van der Waals surface area contributed by atoms with Crippen molar-refractivity contribution in [1.82, 2.24) is 10.2 Å². The minimum atomic E-state index is -0.751. The maximum Gasteiger partial charge on any atom is 0.317 e. The maximum absolute atomic E-state index is 14.8. The number of hydrogen-bond acceptors (Lipinski definition) is 5. The van der Waals surface area contributed by atoms with Gasteiger partial charge in [-0.1, -0.05) is 6.07 Å². The van der Waals surface area contributed by atoms with Crippen molar-refractivity contribution >= 4 is 23.2 Å². The molecule has 0 aliphatic carbocycles. The molecule has 0 unspecified atom stereocenters. The van der Waals surface area contributed by atoms with E-state index in [0.717, 1.165) is 11.8 Å². The number of ether oxygens (including phenoxy) is 1. The van der Waals surface area contributed by atoms with Crippen LogP contribution in [0.25, 0.3) is 0 Å². The standard InChI is InChI=1S/C26H31F3N4O3/c1-3-33-21-7-5-18(27)14-19(21)22(34)15-26(33)8-11-32(12-9-26)25(35)31-16-17-4-6-20(28)24(23(17)29)30-10-13-36-2/h4-7,14,30H,3,8-13,15-16H2,1-2H3,(H,31,35). The number of fused-ring (bicyclic) bond motifs is 1. The van der Waals surface area contributed by atoms with Gasteiger partial charge in [-0.25, -0.2) is 18.0 Å². The number of Topliss-reactive ketones (excluding diaryl/α,β-unsaturated/α-hetero) is 1. The second-order valence-corrected chi connectivity index (χ2v) is 9.19. The molecule has 7 nitrogen and oxygen atoms in total.